The fraction of sp³-hybridized carbons (Fsp3) is 0.438. The number of aromatic amines is 1. The van der Waals surface area contributed by atoms with Gasteiger partial charge in [-0.15, -0.1) is 11.8 Å². The third kappa shape index (κ3) is 4.77. The molecule has 1 aromatic rings. The molecule has 0 saturated carbocycles. The number of aryl methyl sites for hydroxylation is 1. The topological polar surface area (TPSA) is 172 Å². The molecule has 31 heavy (non-hydrogen) atoms. The van der Waals surface area contributed by atoms with Crippen LogP contribution in [-0.2, 0) is 26.2 Å². The van der Waals surface area contributed by atoms with Crippen molar-refractivity contribution in [1.82, 2.24) is 25.0 Å². The number of rotatable bonds is 8. The molecule has 0 spiro atoms. The van der Waals surface area contributed by atoms with Gasteiger partial charge >= 0.3 is 17.1 Å². The van der Waals surface area contributed by atoms with Crippen molar-refractivity contribution in [2.24, 2.45) is 7.05 Å². The van der Waals surface area contributed by atoms with Crippen LogP contribution in [0.2, 0.25) is 0 Å². The Balaban J connectivity index is 1.75. The summed E-state index contributed by atoms with van der Waals surface area (Å²) in [5.74, 6) is -2.42. The Morgan fingerprint density at radius 1 is 1.35 bits per heavy atom. The summed E-state index contributed by atoms with van der Waals surface area (Å²) in [5.41, 5.74) is -1.57. The summed E-state index contributed by atoms with van der Waals surface area (Å²) in [6, 6.07) is -0.911. The highest BCUT2D eigenvalue weighted by Gasteiger charge is 2.54. The molecule has 166 valence electrons. The predicted molar refractivity (Wildman–Crippen MR) is 114 cm³/mol. The van der Waals surface area contributed by atoms with Crippen LogP contribution in [0.15, 0.2) is 26.0 Å². The summed E-state index contributed by atoms with van der Waals surface area (Å²) in [5, 5.41) is 14.1. The maximum Gasteiger partial charge on any atom is 0.352 e. The molecule has 0 unspecified atom stereocenters. The number of carbonyl (C=O) groups is 4. The molecule has 0 bridgehead atoms. The van der Waals surface area contributed by atoms with E-state index in [1.54, 1.807) is 0 Å². The number of hydrogen-bond donors (Lipinski definition) is 3. The molecule has 0 aliphatic carbocycles. The number of aliphatic carboxylic acids is 1. The normalized spacial score (nSPS) is 20.2. The maximum absolute atomic E-state index is 12.6. The zero-order valence-corrected chi connectivity index (χ0v) is 19.1. The van der Waals surface area contributed by atoms with Gasteiger partial charge < -0.3 is 10.4 Å². The second-order valence-corrected chi connectivity index (χ2v) is 9.16. The summed E-state index contributed by atoms with van der Waals surface area (Å²) >= 11 is 5.28. The second-order valence-electron chi connectivity index (χ2n) is 6.55. The van der Waals surface area contributed by atoms with Crippen LogP contribution in [0, 0.1) is 0 Å². The van der Waals surface area contributed by atoms with Gasteiger partial charge in [0.05, 0.1) is 11.8 Å². The van der Waals surface area contributed by atoms with E-state index in [0.717, 1.165) is 16.7 Å². The number of nitrogens with one attached hydrogen (secondary N) is 2. The number of H-pyrrole nitrogens is 1. The highest BCUT2D eigenvalue weighted by molar-refractivity contribution is 9.09. The van der Waals surface area contributed by atoms with Gasteiger partial charge in [0, 0.05) is 18.6 Å². The van der Waals surface area contributed by atoms with Crippen LogP contribution in [-0.4, -0.2) is 76.6 Å². The van der Waals surface area contributed by atoms with Crippen molar-refractivity contribution in [2.45, 2.75) is 23.0 Å². The zero-order valence-electron chi connectivity index (χ0n) is 15.9. The smallest absolute Gasteiger partial charge is 0.352 e. The van der Waals surface area contributed by atoms with Crippen LogP contribution < -0.4 is 16.4 Å². The first-order valence-electron chi connectivity index (χ1n) is 8.71. The Morgan fingerprint density at radius 3 is 2.71 bits per heavy atom. The fourth-order valence-corrected chi connectivity index (χ4v) is 5.59. The number of carboxylic acid groups (broad SMARTS) is 1. The molecule has 2 aliphatic heterocycles. The van der Waals surface area contributed by atoms with Crippen molar-refractivity contribution >= 4 is 63.0 Å². The average Bonchev–Trinajstić information content (AvgIpc) is 2.72. The van der Waals surface area contributed by atoms with Crippen molar-refractivity contribution in [3.05, 3.63) is 32.0 Å². The number of ketones is 1. The third-order valence-corrected chi connectivity index (χ3v) is 7.48. The van der Waals surface area contributed by atoms with Crippen LogP contribution in [0.5, 0.6) is 0 Å². The van der Waals surface area contributed by atoms with Crippen molar-refractivity contribution in [3.8, 4) is 0 Å². The minimum atomic E-state index is -1.29. The highest BCUT2D eigenvalue weighted by atomic mass is 79.9. The summed E-state index contributed by atoms with van der Waals surface area (Å²) in [6.45, 7) is 0. The molecule has 2 atom stereocenters. The van der Waals surface area contributed by atoms with Gasteiger partial charge in [-0.2, -0.15) is 4.98 Å². The number of amides is 2. The molecular weight excluding hydrogens is 518 g/mol. The van der Waals surface area contributed by atoms with E-state index in [2.05, 4.69) is 31.3 Å². The number of carbonyl (C=O) groups excluding carboxylic acids is 3. The van der Waals surface area contributed by atoms with E-state index in [0.29, 0.717) is 5.57 Å². The Kier molecular flexibility index (Phi) is 7.06. The van der Waals surface area contributed by atoms with Crippen LogP contribution in [0.25, 0.3) is 0 Å². The summed E-state index contributed by atoms with van der Waals surface area (Å²) in [6.07, 6.45) is -0.374. The molecule has 3 heterocycles. The van der Waals surface area contributed by atoms with Crippen LogP contribution >= 0.6 is 39.5 Å². The average molecular weight is 534 g/mol. The maximum atomic E-state index is 12.6. The van der Waals surface area contributed by atoms with Crippen molar-refractivity contribution in [3.63, 3.8) is 0 Å². The first-order chi connectivity index (χ1) is 14.6. The lowest BCUT2D eigenvalue weighted by Gasteiger charge is -2.49. The van der Waals surface area contributed by atoms with Crippen LogP contribution in [0.4, 0.5) is 0 Å². The van der Waals surface area contributed by atoms with Gasteiger partial charge in [0.2, 0.25) is 5.91 Å². The summed E-state index contributed by atoms with van der Waals surface area (Å²) in [7, 11) is 1.49. The molecule has 3 rings (SSSR count). The molecular formula is C16H16BrN5O7S2. The van der Waals surface area contributed by atoms with Crippen molar-refractivity contribution < 1.29 is 24.3 Å². The summed E-state index contributed by atoms with van der Waals surface area (Å²) in [4.78, 5) is 75.3. The Bertz CT molecular complexity index is 1110. The molecule has 12 nitrogen and oxygen atoms in total. The molecule has 0 radical (unpaired) electrons. The fourth-order valence-electron chi connectivity index (χ4n) is 2.99. The zero-order chi connectivity index (χ0) is 22.9. The third-order valence-electron chi connectivity index (χ3n) is 4.40. The number of alkyl halides is 1. The summed E-state index contributed by atoms with van der Waals surface area (Å²) < 4.78 is 1.25. The largest absolute Gasteiger partial charge is 0.477 e. The monoisotopic (exact) mass is 533 g/mol. The lowest BCUT2D eigenvalue weighted by atomic mass is 10.0. The second kappa shape index (κ2) is 9.40. The van der Waals surface area contributed by atoms with Gasteiger partial charge in [0.25, 0.3) is 5.91 Å². The highest BCUT2D eigenvalue weighted by Crippen LogP contribution is 2.41. The number of halogens is 1. The number of Topliss-reactive ketones (excluding diaryl/α,β-unsaturated/α-hetero) is 1. The number of nitrogens with zero attached hydrogens (tertiary/aromatic N) is 3. The van der Waals surface area contributed by atoms with Crippen molar-refractivity contribution in [1.29, 1.82) is 0 Å². The lowest BCUT2D eigenvalue weighted by molar-refractivity contribution is -0.150. The van der Waals surface area contributed by atoms with Crippen molar-refractivity contribution in [2.75, 3.05) is 16.8 Å². The first-order valence-corrected chi connectivity index (χ1v) is 11.9. The molecule has 2 aliphatic rings. The van der Waals surface area contributed by atoms with E-state index in [4.69, 9.17) is 0 Å². The van der Waals surface area contributed by atoms with E-state index in [1.165, 1.54) is 23.5 Å². The Morgan fingerprint density at radius 2 is 2.06 bits per heavy atom. The molecule has 1 fully saturated rings. The molecule has 15 heteroatoms. The number of β-lactam (4-membered cyclic amide) rings is 1. The quantitative estimate of drug-likeness (QED) is 0.119. The van der Waals surface area contributed by atoms with E-state index < -0.39 is 40.3 Å². The van der Waals surface area contributed by atoms with E-state index in [9.17, 15) is 33.9 Å². The Hall–Kier alpha value is -2.39. The Labute approximate surface area is 190 Å². The van der Waals surface area contributed by atoms with E-state index >= 15 is 0 Å². The van der Waals surface area contributed by atoms with Gasteiger partial charge in [0.1, 0.15) is 17.1 Å². The number of carboxylic acids is 1. The van der Waals surface area contributed by atoms with Gasteiger partial charge in [-0.25, -0.2) is 4.79 Å². The molecule has 0 aromatic carbocycles. The van der Waals surface area contributed by atoms with Gasteiger partial charge in [-0.3, -0.25) is 38.7 Å². The number of fused-ring (bicyclic) bond motifs is 1. The van der Waals surface area contributed by atoms with Crippen LogP contribution in [0.3, 0.4) is 0 Å². The standard InChI is InChI=1S/C16H16BrN5O7S2/c1-21-16(19-11(25)12(26)20-21)31-5-6-4-30-14-9(18-8(24)2-7(23)3-17)13(27)22(14)10(6)15(28)29/h9,14H,2-5H2,1H3,(H,18,24)(H,20,26)(H,28,29)/t9-,14-/m1/s1. The minimum absolute atomic E-state index is 0.0199. The van der Waals surface area contributed by atoms with Crippen LogP contribution in [0.1, 0.15) is 6.42 Å². The van der Waals surface area contributed by atoms with Gasteiger partial charge in [-0.1, -0.05) is 27.7 Å². The molecule has 3 N–H and O–H groups in total. The number of thioether (sulfide) groups is 2. The van der Waals surface area contributed by atoms with E-state index in [1.807, 2.05) is 0 Å². The van der Waals surface area contributed by atoms with Gasteiger partial charge in [-0.05, 0) is 5.57 Å². The van der Waals surface area contributed by atoms with Gasteiger partial charge in [0.15, 0.2) is 10.9 Å². The number of hydrogen-bond acceptors (Lipinski definition) is 9. The predicted octanol–water partition coefficient (Wildman–Crippen LogP) is -1.35. The molecule has 1 aromatic heterocycles. The minimum Gasteiger partial charge on any atom is -0.477 e. The molecule has 2 amide bonds. The SMILES string of the molecule is Cn1[nH]c(=O)c(=O)nc1SCC1=C(C(=O)O)N2C(=O)[C@@H](NC(=O)CC(=O)CBr)[C@H]2SC1. The molecule has 1 saturated heterocycles. The lowest BCUT2D eigenvalue weighted by Crippen LogP contribution is -2.70. The number of aromatic nitrogens is 3. The van der Waals surface area contributed by atoms with E-state index in [-0.39, 0.29) is 39.9 Å². The first kappa shape index (κ1) is 23.3.